The van der Waals surface area contributed by atoms with E-state index in [4.69, 9.17) is 10.2 Å². The molecule has 1 amide bonds. The standard InChI is InChI=1S/C27H32N4O2/c1-19(2)30-16-8-13-24(18-30)31-26(22-10-5-4-6-11-22)20(3)28-27(31)23-12-7-9-21(17-23)14-15-25(32)29-33/h4-7,9-12,14-15,17,19,24,33H,8,13,16,18H2,1-3H3,(H,29,32)/t24-/m1/s1. The lowest BCUT2D eigenvalue weighted by molar-refractivity contribution is -0.124. The van der Waals surface area contributed by atoms with E-state index in [2.05, 4.69) is 60.6 Å². The maximum atomic E-state index is 11.4. The number of aromatic nitrogens is 2. The SMILES string of the molecule is Cc1nc(-c2cccc(C=CC(=O)NO)c2)n([C@@H]2CCCN(C(C)C)C2)c1-c1ccccc1. The molecule has 1 fully saturated rings. The molecule has 4 rings (SSSR count). The number of imidazole rings is 1. The summed E-state index contributed by atoms with van der Waals surface area (Å²) in [5, 5.41) is 8.76. The second kappa shape index (κ2) is 10.1. The van der Waals surface area contributed by atoms with Gasteiger partial charge in [-0.1, -0.05) is 48.5 Å². The Morgan fingerprint density at radius 3 is 2.64 bits per heavy atom. The number of hydrogen-bond acceptors (Lipinski definition) is 4. The van der Waals surface area contributed by atoms with Crippen LogP contribution in [0.1, 0.15) is 44.0 Å². The number of amides is 1. The van der Waals surface area contributed by atoms with Gasteiger partial charge >= 0.3 is 0 Å². The van der Waals surface area contributed by atoms with Crippen molar-refractivity contribution in [1.82, 2.24) is 19.9 Å². The summed E-state index contributed by atoms with van der Waals surface area (Å²) in [6.45, 7) is 8.74. The number of carbonyl (C=O) groups is 1. The summed E-state index contributed by atoms with van der Waals surface area (Å²) in [6, 6.07) is 19.3. The molecule has 3 aromatic rings. The summed E-state index contributed by atoms with van der Waals surface area (Å²) in [5.74, 6) is 0.393. The minimum absolute atomic E-state index is 0.326. The maximum Gasteiger partial charge on any atom is 0.267 e. The molecule has 172 valence electrons. The number of hydroxylamine groups is 1. The predicted molar refractivity (Wildman–Crippen MR) is 132 cm³/mol. The van der Waals surface area contributed by atoms with Crippen LogP contribution in [0, 0.1) is 6.92 Å². The third kappa shape index (κ3) is 5.07. The lowest BCUT2D eigenvalue weighted by atomic mass is 10.0. The number of hydrogen-bond donors (Lipinski definition) is 2. The van der Waals surface area contributed by atoms with Crippen molar-refractivity contribution in [3.05, 3.63) is 71.9 Å². The Morgan fingerprint density at radius 2 is 1.91 bits per heavy atom. The van der Waals surface area contributed by atoms with Crippen molar-refractivity contribution in [2.24, 2.45) is 0 Å². The van der Waals surface area contributed by atoms with Crippen LogP contribution in [0.3, 0.4) is 0 Å². The van der Waals surface area contributed by atoms with Crippen molar-refractivity contribution in [2.45, 2.75) is 45.7 Å². The fourth-order valence-corrected chi connectivity index (χ4v) is 4.70. The lowest BCUT2D eigenvalue weighted by Crippen LogP contribution is -2.41. The van der Waals surface area contributed by atoms with E-state index in [0.717, 1.165) is 48.6 Å². The summed E-state index contributed by atoms with van der Waals surface area (Å²) in [5.41, 5.74) is 6.86. The van der Waals surface area contributed by atoms with E-state index in [-0.39, 0.29) is 0 Å². The molecule has 1 atom stereocenters. The van der Waals surface area contributed by atoms with Crippen LogP contribution in [-0.4, -0.2) is 44.7 Å². The number of rotatable bonds is 6. The second-order valence-electron chi connectivity index (χ2n) is 8.93. The molecule has 0 aliphatic carbocycles. The van der Waals surface area contributed by atoms with Crippen LogP contribution in [0.25, 0.3) is 28.7 Å². The molecule has 1 aliphatic heterocycles. The number of aryl methyl sites for hydroxylation is 1. The van der Waals surface area contributed by atoms with Gasteiger partial charge < -0.3 is 4.57 Å². The smallest absolute Gasteiger partial charge is 0.267 e. The van der Waals surface area contributed by atoms with Gasteiger partial charge in [-0.3, -0.25) is 14.9 Å². The van der Waals surface area contributed by atoms with Gasteiger partial charge in [-0.2, -0.15) is 0 Å². The topological polar surface area (TPSA) is 70.4 Å². The summed E-state index contributed by atoms with van der Waals surface area (Å²) in [4.78, 5) is 19.0. The highest BCUT2D eigenvalue weighted by atomic mass is 16.5. The molecule has 1 saturated heterocycles. The van der Waals surface area contributed by atoms with Gasteiger partial charge in [0, 0.05) is 35.8 Å². The Balaban J connectivity index is 1.82. The van der Waals surface area contributed by atoms with Crippen molar-refractivity contribution < 1.29 is 10.0 Å². The van der Waals surface area contributed by atoms with Gasteiger partial charge in [0.25, 0.3) is 5.91 Å². The van der Waals surface area contributed by atoms with Crippen LogP contribution in [0.4, 0.5) is 0 Å². The number of carbonyl (C=O) groups excluding carboxylic acids is 1. The van der Waals surface area contributed by atoms with Gasteiger partial charge in [-0.25, -0.2) is 10.5 Å². The number of likely N-dealkylation sites (tertiary alicyclic amines) is 1. The highest BCUT2D eigenvalue weighted by Crippen LogP contribution is 2.36. The molecule has 6 heteroatoms. The fourth-order valence-electron chi connectivity index (χ4n) is 4.70. The molecule has 0 saturated carbocycles. The molecule has 0 bridgehead atoms. The first-order valence-electron chi connectivity index (χ1n) is 11.6. The monoisotopic (exact) mass is 444 g/mol. The molecular weight excluding hydrogens is 412 g/mol. The first kappa shape index (κ1) is 23.0. The third-order valence-corrected chi connectivity index (χ3v) is 6.34. The van der Waals surface area contributed by atoms with Crippen molar-refractivity contribution in [2.75, 3.05) is 13.1 Å². The van der Waals surface area contributed by atoms with Gasteiger partial charge in [0.1, 0.15) is 5.82 Å². The zero-order valence-corrected chi connectivity index (χ0v) is 19.5. The second-order valence-corrected chi connectivity index (χ2v) is 8.93. The zero-order chi connectivity index (χ0) is 23.4. The van der Waals surface area contributed by atoms with Crippen molar-refractivity contribution in [3.8, 4) is 22.6 Å². The van der Waals surface area contributed by atoms with E-state index in [1.54, 1.807) is 11.6 Å². The molecular formula is C27H32N4O2. The van der Waals surface area contributed by atoms with Gasteiger partial charge in [-0.05, 0) is 57.9 Å². The summed E-state index contributed by atoms with van der Waals surface area (Å²) in [7, 11) is 0. The van der Waals surface area contributed by atoms with Crippen LogP contribution >= 0.6 is 0 Å². The Hall–Kier alpha value is -3.22. The summed E-state index contributed by atoms with van der Waals surface area (Å²) in [6.07, 6.45) is 5.28. The molecule has 0 spiro atoms. The van der Waals surface area contributed by atoms with Crippen molar-refractivity contribution >= 4 is 12.0 Å². The van der Waals surface area contributed by atoms with Gasteiger partial charge in [0.2, 0.25) is 0 Å². The van der Waals surface area contributed by atoms with Crippen LogP contribution in [-0.2, 0) is 4.79 Å². The van der Waals surface area contributed by atoms with E-state index in [9.17, 15) is 4.79 Å². The molecule has 33 heavy (non-hydrogen) atoms. The van der Waals surface area contributed by atoms with Crippen LogP contribution in [0.5, 0.6) is 0 Å². The van der Waals surface area contributed by atoms with Crippen LogP contribution < -0.4 is 5.48 Å². The Bertz CT molecular complexity index is 1130. The van der Waals surface area contributed by atoms with E-state index in [1.165, 1.54) is 17.3 Å². The molecule has 0 unspecified atom stereocenters. The fraction of sp³-hybridized carbons (Fsp3) is 0.333. The number of nitrogens with zero attached hydrogens (tertiary/aromatic N) is 3. The van der Waals surface area contributed by atoms with Gasteiger partial charge in [0.05, 0.1) is 11.4 Å². The molecule has 6 nitrogen and oxygen atoms in total. The first-order valence-corrected chi connectivity index (χ1v) is 11.6. The highest BCUT2D eigenvalue weighted by molar-refractivity contribution is 5.91. The van der Waals surface area contributed by atoms with E-state index in [0.29, 0.717) is 12.1 Å². The Kier molecular flexibility index (Phi) is 7.06. The zero-order valence-electron chi connectivity index (χ0n) is 19.5. The van der Waals surface area contributed by atoms with E-state index >= 15 is 0 Å². The van der Waals surface area contributed by atoms with Crippen molar-refractivity contribution in [3.63, 3.8) is 0 Å². The summed E-state index contributed by atoms with van der Waals surface area (Å²) < 4.78 is 2.43. The number of benzene rings is 2. The average Bonchev–Trinajstić information content (AvgIpc) is 3.20. The van der Waals surface area contributed by atoms with E-state index < -0.39 is 5.91 Å². The average molecular weight is 445 g/mol. The molecule has 1 aliphatic rings. The predicted octanol–water partition coefficient (Wildman–Crippen LogP) is 5.09. The van der Waals surface area contributed by atoms with Gasteiger partial charge in [0.15, 0.2) is 0 Å². The van der Waals surface area contributed by atoms with Gasteiger partial charge in [-0.15, -0.1) is 0 Å². The quantitative estimate of drug-likeness (QED) is 0.316. The van der Waals surface area contributed by atoms with Crippen LogP contribution in [0.2, 0.25) is 0 Å². The molecule has 2 aromatic carbocycles. The Labute approximate surface area is 195 Å². The highest BCUT2D eigenvalue weighted by Gasteiger charge is 2.28. The van der Waals surface area contributed by atoms with Crippen molar-refractivity contribution in [1.29, 1.82) is 0 Å². The first-order chi connectivity index (χ1) is 16.0. The number of piperidine rings is 1. The maximum absolute atomic E-state index is 11.4. The molecule has 2 heterocycles. The summed E-state index contributed by atoms with van der Waals surface area (Å²) >= 11 is 0. The lowest BCUT2D eigenvalue weighted by Gasteiger charge is -2.37. The minimum atomic E-state index is -0.555. The third-order valence-electron chi connectivity index (χ3n) is 6.34. The number of nitrogens with one attached hydrogen (secondary N) is 1. The van der Waals surface area contributed by atoms with E-state index in [1.807, 2.05) is 24.3 Å². The molecule has 2 N–H and O–H groups in total. The largest absolute Gasteiger partial charge is 0.319 e. The molecule has 0 radical (unpaired) electrons. The Morgan fingerprint density at radius 1 is 1.15 bits per heavy atom. The normalized spacial score (nSPS) is 17.1. The van der Waals surface area contributed by atoms with Crippen LogP contribution in [0.15, 0.2) is 60.7 Å². The molecule has 1 aromatic heterocycles. The minimum Gasteiger partial charge on any atom is -0.319 e.